The van der Waals surface area contributed by atoms with Gasteiger partial charge < -0.3 is 4.74 Å². The van der Waals surface area contributed by atoms with Crippen LogP contribution >= 0.6 is 0 Å². The first kappa shape index (κ1) is 18.6. The molecular weight excluding hydrogens is 292 g/mol. The predicted octanol–water partition coefficient (Wildman–Crippen LogP) is 6.10. The van der Waals surface area contributed by atoms with Crippen LogP contribution in [-0.2, 0) is 19.3 Å². The van der Waals surface area contributed by atoms with Crippen LogP contribution < -0.4 is 4.74 Å². The summed E-state index contributed by atoms with van der Waals surface area (Å²) < 4.78 is 5.21. The van der Waals surface area contributed by atoms with Gasteiger partial charge >= 0.3 is 0 Å². The molecule has 1 unspecified atom stereocenters. The van der Waals surface area contributed by atoms with Crippen LogP contribution in [0.15, 0.2) is 48.5 Å². The lowest BCUT2D eigenvalue weighted by molar-refractivity contribution is 0.414. The lowest BCUT2D eigenvalue weighted by Gasteiger charge is -2.12. The minimum Gasteiger partial charge on any atom is -0.497 e. The average Bonchev–Trinajstić information content (AvgIpc) is 2.60. The molecule has 0 saturated heterocycles. The third-order valence-corrected chi connectivity index (χ3v) is 4.70. The van der Waals surface area contributed by atoms with Gasteiger partial charge in [0.05, 0.1) is 7.11 Å². The highest BCUT2D eigenvalue weighted by atomic mass is 16.5. The van der Waals surface area contributed by atoms with Crippen molar-refractivity contribution in [2.24, 2.45) is 11.8 Å². The van der Waals surface area contributed by atoms with E-state index >= 15 is 0 Å². The zero-order valence-electron chi connectivity index (χ0n) is 15.7. The van der Waals surface area contributed by atoms with Gasteiger partial charge in [0.25, 0.3) is 0 Å². The second-order valence-corrected chi connectivity index (χ2v) is 7.45. The lowest BCUT2D eigenvalue weighted by atomic mass is 9.93. The Hall–Kier alpha value is -1.76. The van der Waals surface area contributed by atoms with Gasteiger partial charge in [-0.05, 0) is 72.8 Å². The standard InChI is InChI=1S/C23H32O/c1-18(2)5-7-20-9-11-22(12-10-20)17-19(3)6-8-21-13-15-23(24-4)16-14-21/h9-16,18-19H,5-8,17H2,1-4H3. The maximum absolute atomic E-state index is 5.21. The number of benzene rings is 2. The maximum atomic E-state index is 5.21. The van der Waals surface area contributed by atoms with Crippen molar-refractivity contribution >= 4 is 0 Å². The Morgan fingerprint density at radius 2 is 1.21 bits per heavy atom. The van der Waals surface area contributed by atoms with Crippen LogP contribution in [0.3, 0.4) is 0 Å². The van der Waals surface area contributed by atoms with Gasteiger partial charge in [0, 0.05) is 0 Å². The van der Waals surface area contributed by atoms with E-state index < -0.39 is 0 Å². The summed E-state index contributed by atoms with van der Waals surface area (Å²) in [6.45, 7) is 6.94. The van der Waals surface area contributed by atoms with Crippen molar-refractivity contribution in [2.75, 3.05) is 7.11 Å². The van der Waals surface area contributed by atoms with Gasteiger partial charge in [-0.25, -0.2) is 0 Å². The van der Waals surface area contributed by atoms with Crippen LogP contribution in [0.5, 0.6) is 5.75 Å². The Morgan fingerprint density at radius 1 is 0.708 bits per heavy atom. The van der Waals surface area contributed by atoms with Gasteiger partial charge in [0.2, 0.25) is 0 Å². The van der Waals surface area contributed by atoms with E-state index in [0.717, 1.165) is 18.1 Å². The van der Waals surface area contributed by atoms with E-state index in [1.807, 2.05) is 0 Å². The van der Waals surface area contributed by atoms with Crippen LogP contribution in [0, 0.1) is 11.8 Å². The predicted molar refractivity (Wildman–Crippen MR) is 104 cm³/mol. The van der Waals surface area contributed by atoms with Crippen LogP contribution in [0.1, 0.15) is 50.3 Å². The molecule has 0 spiro atoms. The Balaban J connectivity index is 1.77. The quantitative estimate of drug-likeness (QED) is 0.542. The van der Waals surface area contributed by atoms with Crippen molar-refractivity contribution in [3.8, 4) is 5.75 Å². The van der Waals surface area contributed by atoms with Crippen LogP contribution in [0.25, 0.3) is 0 Å². The zero-order chi connectivity index (χ0) is 17.4. The number of ether oxygens (including phenoxy) is 1. The summed E-state index contributed by atoms with van der Waals surface area (Å²) in [4.78, 5) is 0. The van der Waals surface area contributed by atoms with Gasteiger partial charge in [-0.2, -0.15) is 0 Å². The van der Waals surface area contributed by atoms with E-state index in [1.165, 1.54) is 42.4 Å². The maximum Gasteiger partial charge on any atom is 0.118 e. The Kier molecular flexibility index (Phi) is 7.36. The van der Waals surface area contributed by atoms with E-state index in [0.29, 0.717) is 5.92 Å². The fraction of sp³-hybridized carbons (Fsp3) is 0.478. The highest BCUT2D eigenvalue weighted by Crippen LogP contribution is 2.18. The molecule has 0 amide bonds. The topological polar surface area (TPSA) is 9.23 Å². The van der Waals surface area contributed by atoms with Gasteiger partial charge in [0.1, 0.15) is 5.75 Å². The van der Waals surface area contributed by atoms with Crippen LogP contribution in [0.4, 0.5) is 0 Å². The molecule has 0 heterocycles. The molecule has 1 atom stereocenters. The Morgan fingerprint density at radius 3 is 1.75 bits per heavy atom. The summed E-state index contributed by atoms with van der Waals surface area (Å²) in [5.41, 5.74) is 4.33. The van der Waals surface area contributed by atoms with Crippen molar-refractivity contribution in [2.45, 2.75) is 52.9 Å². The molecule has 0 saturated carbocycles. The van der Waals surface area contributed by atoms with Gasteiger partial charge in [-0.15, -0.1) is 0 Å². The normalized spacial score (nSPS) is 12.4. The summed E-state index contributed by atoms with van der Waals surface area (Å²) in [5.74, 6) is 2.42. The van der Waals surface area contributed by atoms with Crippen molar-refractivity contribution in [3.05, 3.63) is 65.2 Å². The monoisotopic (exact) mass is 324 g/mol. The molecule has 0 bridgehead atoms. The molecule has 0 radical (unpaired) electrons. The minimum absolute atomic E-state index is 0.702. The molecule has 2 aromatic carbocycles. The molecule has 2 rings (SSSR count). The van der Waals surface area contributed by atoms with E-state index in [9.17, 15) is 0 Å². The molecule has 0 aromatic heterocycles. The van der Waals surface area contributed by atoms with E-state index in [2.05, 4.69) is 69.3 Å². The first-order chi connectivity index (χ1) is 11.6. The summed E-state index contributed by atoms with van der Waals surface area (Å²) >= 11 is 0. The Labute approximate surface area is 148 Å². The van der Waals surface area contributed by atoms with Gasteiger partial charge in [-0.3, -0.25) is 0 Å². The molecule has 1 nitrogen and oxygen atoms in total. The third kappa shape index (κ3) is 6.39. The molecular formula is C23H32O. The molecule has 0 N–H and O–H groups in total. The first-order valence-electron chi connectivity index (χ1n) is 9.27. The summed E-state index contributed by atoms with van der Waals surface area (Å²) in [7, 11) is 1.71. The van der Waals surface area contributed by atoms with E-state index in [4.69, 9.17) is 4.74 Å². The number of aryl methyl sites for hydroxylation is 2. The van der Waals surface area contributed by atoms with Gasteiger partial charge in [0.15, 0.2) is 0 Å². The number of hydrogen-bond acceptors (Lipinski definition) is 1. The average molecular weight is 325 g/mol. The zero-order valence-corrected chi connectivity index (χ0v) is 15.7. The van der Waals surface area contributed by atoms with Crippen LogP contribution in [0.2, 0.25) is 0 Å². The lowest BCUT2D eigenvalue weighted by Crippen LogP contribution is -2.02. The number of hydrogen-bond donors (Lipinski definition) is 0. The van der Waals surface area contributed by atoms with Crippen molar-refractivity contribution in [1.82, 2.24) is 0 Å². The van der Waals surface area contributed by atoms with E-state index in [1.54, 1.807) is 7.11 Å². The molecule has 0 fully saturated rings. The third-order valence-electron chi connectivity index (χ3n) is 4.70. The molecule has 1 heteroatoms. The van der Waals surface area contributed by atoms with Crippen molar-refractivity contribution in [3.63, 3.8) is 0 Å². The largest absolute Gasteiger partial charge is 0.497 e. The molecule has 24 heavy (non-hydrogen) atoms. The SMILES string of the molecule is COc1ccc(CCC(C)Cc2ccc(CCC(C)C)cc2)cc1. The van der Waals surface area contributed by atoms with Crippen LogP contribution in [-0.4, -0.2) is 7.11 Å². The van der Waals surface area contributed by atoms with Crippen molar-refractivity contribution in [1.29, 1.82) is 0 Å². The highest BCUT2D eigenvalue weighted by molar-refractivity contribution is 5.27. The number of rotatable bonds is 9. The fourth-order valence-electron chi connectivity index (χ4n) is 3.01. The minimum atomic E-state index is 0.702. The van der Waals surface area contributed by atoms with Gasteiger partial charge in [-0.1, -0.05) is 57.2 Å². The summed E-state index contributed by atoms with van der Waals surface area (Å²) in [5, 5.41) is 0. The smallest absolute Gasteiger partial charge is 0.118 e. The molecule has 0 aliphatic heterocycles. The number of methoxy groups -OCH3 is 1. The highest BCUT2D eigenvalue weighted by Gasteiger charge is 2.05. The molecule has 0 aliphatic carbocycles. The Bertz CT molecular complexity index is 580. The summed E-state index contributed by atoms with van der Waals surface area (Å²) in [6.07, 6.45) is 6.00. The fourth-order valence-corrected chi connectivity index (χ4v) is 3.01. The molecule has 130 valence electrons. The van der Waals surface area contributed by atoms with E-state index in [-0.39, 0.29) is 0 Å². The first-order valence-corrected chi connectivity index (χ1v) is 9.27. The van der Waals surface area contributed by atoms with Crippen molar-refractivity contribution < 1.29 is 4.74 Å². The second-order valence-electron chi connectivity index (χ2n) is 7.45. The molecule has 0 aliphatic rings. The second kappa shape index (κ2) is 9.52. The molecule has 2 aromatic rings. The summed E-state index contributed by atoms with van der Waals surface area (Å²) in [6, 6.07) is 17.7.